The number of benzene rings is 1. The number of thiophene rings is 1. The van der Waals surface area contributed by atoms with Crippen molar-refractivity contribution in [2.75, 3.05) is 0 Å². The van der Waals surface area contributed by atoms with Gasteiger partial charge in [-0.15, -0.1) is 11.3 Å². The zero-order valence-corrected chi connectivity index (χ0v) is 12.5. The molecular weight excluding hydrogens is 287 g/mol. The quantitative estimate of drug-likeness (QED) is 0.862. The lowest BCUT2D eigenvalue weighted by molar-refractivity contribution is 0.0615. The SMILES string of the molecule is Cc1ccc(C(C)(O)Cc2cc(Cl)ccc2Cl)s1. The topological polar surface area (TPSA) is 20.2 Å². The summed E-state index contributed by atoms with van der Waals surface area (Å²) >= 11 is 13.7. The zero-order valence-electron chi connectivity index (χ0n) is 10.2. The van der Waals surface area contributed by atoms with E-state index in [1.165, 1.54) is 4.88 Å². The van der Waals surface area contributed by atoms with E-state index in [-0.39, 0.29) is 0 Å². The first-order valence-electron chi connectivity index (χ1n) is 5.62. The minimum Gasteiger partial charge on any atom is -0.384 e. The van der Waals surface area contributed by atoms with Crippen molar-refractivity contribution in [1.82, 2.24) is 0 Å². The summed E-state index contributed by atoms with van der Waals surface area (Å²) in [6.07, 6.45) is 0.451. The first-order valence-corrected chi connectivity index (χ1v) is 7.19. The Hall–Kier alpha value is -0.540. The van der Waals surface area contributed by atoms with Crippen molar-refractivity contribution in [3.8, 4) is 0 Å². The first kappa shape index (κ1) is 13.9. The minimum absolute atomic E-state index is 0.451. The van der Waals surface area contributed by atoms with Gasteiger partial charge in [-0.05, 0) is 49.7 Å². The lowest BCUT2D eigenvalue weighted by Gasteiger charge is -2.22. The Labute approximate surface area is 121 Å². The molecule has 1 N–H and O–H groups in total. The van der Waals surface area contributed by atoms with Gasteiger partial charge >= 0.3 is 0 Å². The third-order valence-corrected chi connectivity index (χ3v) is 4.67. The van der Waals surface area contributed by atoms with Crippen molar-refractivity contribution in [1.29, 1.82) is 0 Å². The molecule has 0 amide bonds. The Kier molecular flexibility index (Phi) is 4.02. The predicted molar refractivity (Wildman–Crippen MR) is 78.8 cm³/mol. The second kappa shape index (κ2) is 5.22. The van der Waals surface area contributed by atoms with Crippen LogP contribution in [0.5, 0.6) is 0 Å². The number of halogens is 2. The fourth-order valence-corrected chi connectivity index (χ4v) is 3.15. The molecule has 4 heteroatoms. The van der Waals surface area contributed by atoms with Crippen molar-refractivity contribution in [2.45, 2.75) is 25.9 Å². The summed E-state index contributed by atoms with van der Waals surface area (Å²) in [6, 6.07) is 9.28. The Bertz CT molecular complexity index is 561. The van der Waals surface area contributed by atoms with Gasteiger partial charge in [0.25, 0.3) is 0 Å². The lowest BCUT2D eigenvalue weighted by atomic mass is 9.95. The second-order valence-corrected chi connectivity index (χ2v) is 6.73. The van der Waals surface area contributed by atoms with Crippen LogP contribution in [0.4, 0.5) is 0 Å². The zero-order chi connectivity index (χ0) is 13.3. The normalized spacial score (nSPS) is 14.5. The molecule has 0 aliphatic rings. The largest absolute Gasteiger partial charge is 0.384 e. The Morgan fingerprint density at radius 1 is 1.22 bits per heavy atom. The lowest BCUT2D eigenvalue weighted by Crippen LogP contribution is -2.23. The van der Waals surface area contributed by atoms with Gasteiger partial charge in [-0.1, -0.05) is 23.2 Å². The van der Waals surface area contributed by atoms with Gasteiger partial charge in [0, 0.05) is 26.2 Å². The van der Waals surface area contributed by atoms with Crippen LogP contribution in [0, 0.1) is 6.92 Å². The van der Waals surface area contributed by atoms with Gasteiger partial charge in [0.1, 0.15) is 5.60 Å². The summed E-state index contributed by atoms with van der Waals surface area (Å²) in [7, 11) is 0. The number of hydrogen-bond acceptors (Lipinski definition) is 2. The van der Waals surface area contributed by atoms with E-state index in [4.69, 9.17) is 23.2 Å². The molecule has 96 valence electrons. The molecular formula is C14H14Cl2OS. The van der Waals surface area contributed by atoms with Gasteiger partial charge in [-0.25, -0.2) is 0 Å². The molecule has 0 radical (unpaired) electrons. The maximum Gasteiger partial charge on any atom is 0.100 e. The van der Waals surface area contributed by atoms with E-state index in [0.717, 1.165) is 10.4 Å². The van der Waals surface area contributed by atoms with Gasteiger partial charge in [-0.2, -0.15) is 0 Å². The maximum atomic E-state index is 10.6. The summed E-state index contributed by atoms with van der Waals surface area (Å²) < 4.78 is 0. The van der Waals surface area contributed by atoms with E-state index in [1.54, 1.807) is 36.5 Å². The maximum absolute atomic E-state index is 10.6. The van der Waals surface area contributed by atoms with E-state index < -0.39 is 5.60 Å². The summed E-state index contributed by atoms with van der Waals surface area (Å²) in [5.41, 5.74) is -0.0620. The molecule has 1 heterocycles. The standard InChI is InChI=1S/C14H14Cl2OS/c1-9-3-6-13(18-9)14(2,17)8-10-7-11(15)4-5-12(10)16/h3-7,17H,8H2,1-2H3. The van der Waals surface area contributed by atoms with Gasteiger partial charge in [0.05, 0.1) is 0 Å². The Balaban J connectivity index is 2.29. The smallest absolute Gasteiger partial charge is 0.100 e. The van der Waals surface area contributed by atoms with Crippen molar-refractivity contribution in [3.63, 3.8) is 0 Å². The highest BCUT2D eigenvalue weighted by Gasteiger charge is 2.26. The molecule has 18 heavy (non-hydrogen) atoms. The molecule has 0 aliphatic heterocycles. The molecule has 2 aromatic rings. The molecule has 1 aromatic heterocycles. The van der Waals surface area contributed by atoms with Crippen molar-refractivity contribution in [2.24, 2.45) is 0 Å². The molecule has 0 aliphatic carbocycles. The summed E-state index contributed by atoms with van der Waals surface area (Å²) in [4.78, 5) is 2.12. The van der Waals surface area contributed by atoms with Gasteiger partial charge in [0.2, 0.25) is 0 Å². The molecule has 1 unspecified atom stereocenters. The van der Waals surface area contributed by atoms with Crippen LogP contribution in [0.2, 0.25) is 10.0 Å². The number of rotatable bonds is 3. The van der Waals surface area contributed by atoms with Crippen LogP contribution in [0.3, 0.4) is 0 Å². The Morgan fingerprint density at radius 3 is 2.56 bits per heavy atom. The number of aliphatic hydroxyl groups is 1. The predicted octanol–water partition coefficient (Wildman–Crippen LogP) is 4.81. The van der Waals surface area contributed by atoms with Gasteiger partial charge in [-0.3, -0.25) is 0 Å². The monoisotopic (exact) mass is 300 g/mol. The third kappa shape index (κ3) is 3.07. The molecule has 0 fully saturated rings. The minimum atomic E-state index is -0.923. The highest BCUT2D eigenvalue weighted by Crippen LogP contribution is 2.33. The van der Waals surface area contributed by atoms with Crippen LogP contribution in [-0.4, -0.2) is 5.11 Å². The molecule has 1 aromatic carbocycles. The van der Waals surface area contributed by atoms with E-state index in [2.05, 4.69) is 0 Å². The average molecular weight is 301 g/mol. The van der Waals surface area contributed by atoms with Crippen LogP contribution in [0.15, 0.2) is 30.3 Å². The van der Waals surface area contributed by atoms with Crippen molar-refractivity contribution < 1.29 is 5.11 Å². The third-order valence-electron chi connectivity index (χ3n) is 2.81. The van der Waals surface area contributed by atoms with E-state index >= 15 is 0 Å². The van der Waals surface area contributed by atoms with E-state index in [9.17, 15) is 5.11 Å². The fourth-order valence-electron chi connectivity index (χ4n) is 1.86. The number of aryl methyl sites for hydroxylation is 1. The molecule has 2 rings (SSSR count). The second-order valence-electron chi connectivity index (χ2n) is 4.60. The highest BCUT2D eigenvalue weighted by molar-refractivity contribution is 7.12. The van der Waals surface area contributed by atoms with Crippen LogP contribution >= 0.6 is 34.5 Å². The van der Waals surface area contributed by atoms with Crippen LogP contribution in [0.25, 0.3) is 0 Å². The van der Waals surface area contributed by atoms with Crippen LogP contribution in [0.1, 0.15) is 22.2 Å². The van der Waals surface area contributed by atoms with Crippen molar-refractivity contribution >= 4 is 34.5 Å². The molecule has 0 saturated heterocycles. The summed E-state index contributed by atoms with van der Waals surface area (Å²) in [5, 5.41) is 11.8. The molecule has 0 saturated carbocycles. The van der Waals surface area contributed by atoms with Gasteiger partial charge < -0.3 is 5.11 Å². The Morgan fingerprint density at radius 2 is 1.94 bits per heavy atom. The summed E-state index contributed by atoms with van der Waals surface area (Å²) in [5.74, 6) is 0. The van der Waals surface area contributed by atoms with E-state index in [1.807, 2.05) is 19.1 Å². The van der Waals surface area contributed by atoms with Gasteiger partial charge in [0.15, 0.2) is 0 Å². The molecule has 0 bridgehead atoms. The first-order chi connectivity index (χ1) is 8.38. The van der Waals surface area contributed by atoms with Crippen molar-refractivity contribution in [3.05, 3.63) is 55.7 Å². The number of hydrogen-bond donors (Lipinski definition) is 1. The van der Waals surface area contributed by atoms with Crippen LogP contribution < -0.4 is 0 Å². The van der Waals surface area contributed by atoms with Crippen LogP contribution in [-0.2, 0) is 12.0 Å². The molecule has 1 atom stereocenters. The highest BCUT2D eigenvalue weighted by atomic mass is 35.5. The fraction of sp³-hybridized carbons (Fsp3) is 0.286. The van der Waals surface area contributed by atoms with E-state index in [0.29, 0.717) is 16.5 Å². The molecule has 0 spiro atoms. The average Bonchev–Trinajstić information content (AvgIpc) is 2.71. The molecule has 1 nitrogen and oxygen atoms in total. The summed E-state index contributed by atoms with van der Waals surface area (Å²) in [6.45, 7) is 3.83.